The van der Waals surface area contributed by atoms with E-state index in [4.69, 9.17) is 11.2 Å². The molecule has 0 radical (unpaired) electrons. The second kappa shape index (κ2) is 7.23. The smallest absolute Gasteiger partial charge is 0.278 e. The standard InChI is InChI=1S/C17H16N4O2S/c1-2-3-7-17(20-21-17)8-9-18-15(22)13-5-4-6-14(12-13)23-16-19-10-11-24-16/h1,4-6,10-12H,3,7-9H2,(H,18,22). The van der Waals surface area contributed by atoms with Crippen molar-refractivity contribution in [1.82, 2.24) is 10.3 Å². The van der Waals surface area contributed by atoms with Gasteiger partial charge in [-0.2, -0.15) is 10.2 Å². The summed E-state index contributed by atoms with van der Waals surface area (Å²) in [5, 5.41) is 13.3. The van der Waals surface area contributed by atoms with Crippen LogP contribution in [0.4, 0.5) is 0 Å². The number of hydrogen-bond donors (Lipinski definition) is 1. The van der Waals surface area contributed by atoms with Crippen molar-refractivity contribution in [2.24, 2.45) is 10.2 Å². The Morgan fingerprint density at radius 3 is 2.96 bits per heavy atom. The van der Waals surface area contributed by atoms with E-state index in [1.54, 1.807) is 30.5 Å². The number of nitrogens with zero attached hydrogens (tertiary/aromatic N) is 3. The van der Waals surface area contributed by atoms with E-state index in [1.807, 2.05) is 5.38 Å². The largest absolute Gasteiger partial charge is 0.431 e. The molecule has 0 aliphatic carbocycles. The number of aromatic nitrogens is 1. The molecule has 0 bridgehead atoms. The summed E-state index contributed by atoms with van der Waals surface area (Å²) in [6.07, 6.45) is 8.96. The average molecular weight is 340 g/mol. The second-order valence-electron chi connectivity index (χ2n) is 5.32. The molecule has 0 spiro atoms. The van der Waals surface area contributed by atoms with Crippen molar-refractivity contribution in [2.75, 3.05) is 6.54 Å². The van der Waals surface area contributed by atoms with Crippen LogP contribution in [0.3, 0.4) is 0 Å². The highest BCUT2D eigenvalue weighted by Crippen LogP contribution is 2.36. The van der Waals surface area contributed by atoms with Gasteiger partial charge < -0.3 is 10.1 Å². The lowest BCUT2D eigenvalue weighted by molar-refractivity contribution is 0.0951. The summed E-state index contributed by atoms with van der Waals surface area (Å²) in [6, 6.07) is 6.99. The lowest BCUT2D eigenvalue weighted by atomic mass is 10.0. The van der Waals surface area contributed by atoms with E-state index in [2.05, 4.69) is 26.4 Å². The van der Waals surface area contributed by atoms with Crippen molar-refractivity contribution in [3.05, 3.63) is 41.4 Å². The van der Waals surface area contributed by atoms with Crippen LogP contribution >= 0.6 is 11.3 Å². The highest BCUT2D eigenvalue weighted by Gasteiger charge is 2.38. The maximum absolute atomic E-state index is 12.2. The Kier molecular flexibility index (Phi) is 4.87. The summed E-state index contributed by atoms with van der Waals surface area (Å²) in [4.78, 5) is 16.3. The number of amides is 1. The number of hydrogen-bond acceptors (Lipinski definition) is 6. The molecule has 1 amide bonds. The molecule has 7 heteroatoms. The van der Waals surface area contributed by atoms with Crippen molar-refractivity contribution in [3.8, 4) is 23.3 Å². The minimum absolute atomic E-state index is 0.160. The fourth-order valence-corrected chi connectivity index (χ4v) is 2.71. The number of carbonyl (C=O) groups excluding carboxylic acids is 1. The van der Waals surface area contributed by atoms with Gasteiger partial charge in [-0.1, -0.05) is 17.4 Å². The van der Waals surface area contributed by atoms with Crippen molar-refractivity contribution in [3.63, 3.8) is 0 Å². The molecule has 6 nitrogen and oxygen atoms in total. The normalized spacial score (nSPS) is 14.0. The third-order valence-electron chi connectivity index (χ3n) is 3.57. The molecule has 2 aromatic rings. The minimum Gasteiger partial charge on any atom is -0.431 e. The summed E-state index contributed by atoms with van der Waals surface area (Å²) in [7, 11) is 0. The number of terminal acetylenes is 1. The van der Waals surface area contributed by atoms with Crippen LogP contribution in [-0.4, -0.2) is 23.1 Å². The summed E-state index contributed by atoms with van der Waals surface area (Å²) in [5.74, 6) is 3.01. The maximum Gasteiger partial charge on any atom is 0.278 e. The van der Waals surface area contributed by atoms with Crippen LogP contribution in [0.1, 0.15) is 29.6 Å². The van der Waals surface area contributed by atoms with Crippen molar-refractivity contribution in [2.45, 2.75) is 24.9 Å². The van der Waals surface area contributed by atoms with Gasteiger partial charge in [-0.05, 0) is 18.2 Å². The molecule has 1 aromatic heterocycles. The van der Waals surface area contributed by atoms with Crippen LogP contribution in [0.2, 0.25) is 0 Å². The molecule has 122 valence electrons. The average Bonchev–Trinajstić information content (AvgIpc) is 3.18. The van der Waals surface area contributed by atoms with Gasteiger partial charge in [0.25, 0.3) is 11.1 Å². The molecule has 0 atom stereocenters. The highest BCUT2D eigenvalue weighted by atomic mass is 32.1. The van der Waals surface area contributed by atoms with Crippen molar-refractivity contribution < 1.29 is 9.53 Å². The Bertz CT molecular complexity index is 774. The fraction of sp³-hybridized carbons (Fsp3) is 0.294. The molecule has 0 saturated heterocycles. The molecule has 2 heterocycles. The Balaban J connectivity index is 1.51. The molecule has 3 rings (SSSR count). The van der Waals surface area contributed by atoms with E-state index < -0.39 is 0 Å². The third-order valence-corrected chi connectivity index (χ3v) is 4.22. The molecule has 1 aliphatic heterocycles. The van der Waals surface area contributed by atoms with Gasteiger partial charge in [-0.3, -0.25) is 4.79 Å². The number of thiazole rings is 1. The van der Waals surface area contributed by atoms with Gasteiger partial charge in [0.1, 0.15) is 5.75 Å². The van der Waals surface area contributed by atoms with E-state index in [0.717, 1.165) is 6.42 Å². The van der Waals surface area contributed by atoms with E-state index in [0.29, 0.717) is 35.9 Å². The molecule has 0 fully saturated rings. The van der Waals surface area contributed by atoms with Gasteiger partial charge >= 0.3 is 0 Å². The number of ether oxygens (including phenoxy) is 1. The van der Waals surface area contributed by atoms with Crippen LogP contribution in [-0.2, 0) is 0 Å². The van der Waals surface area contributed by atoms with Crippen molar-refractivity contribution >= 4 is 17.2 Å². The van der Waals surface area contributed by atoms with Crippen LogP contribution < -0.4 is 10.1 Å². The number of carbonyl (C=O) groups is 1. The monoisotopic (exact) mass is 340 g/mol. The quantitative estimate of drug-likeness (QED) is 0.746. The zero-order valence-electron chi connectivity index (χ0n) is 12.9. The third kappa shape index (κ3) is 4.18. The molecule has 1 aromatic carbocycles. The van der Waals surface area contributed by atoms with Gasteiger partial charge in [-0.25, -0.2) is 4.98 Å². The highest BCUT2D eigenvalue weighted by molar-refractivity contribution is 7.11. The topological polar surface area (TPSA) is 75.9 Å². The zero-order valence-corrected chi connectivity index (χ0v) is 13.8. The first-order chi connectivity index (χ1) is 11.7. The predicted molar refractivity (Wildman–Crippen MR) is 91.2 cm³/mol. The molecular formula is C17H16N4O2S. The Morgan fingerprint density at radius 2 is 2.25 bits per heavy atom. The number of rotatable bonds is 8. The lowest BCUT2D eigenvalue weighted by Gasteiger charge is -2.10. The Hall–Kier alpha value is -2.72. The summed E-state index contributed by atoms with van der Waals surface area (Å²) >= 11 is 1.39. The molecule has 1 N–H and O–H groups in total. The van der Waals surface area contributed by atoms with Gasteiger partial charge in [0.05, 0.1) is 0 Å². The molecule has 0 saturated carbocycles. The van der Waals surface area contributed by atoms with Gasteiger partial charge in [-0.15, -0.1) is 12.3 Å². The summed E-state index contributed by atoms with van der Waals surface area (Å²) in [6.45, 7) is 0.494. The minimum atomic E-state index is -0.380. The SMILES string of the molecule is C#CCCC1(CCNC(=O)c2cccc(Oc3nccs3)c2)N=N1. The van der Waals surface area contributed by atoms with Crippen LogP contribution in [0.15, 0.2) is 46.1 Å². The first kappa shape index (κ1) is 16.1. The number of benzene rings is 1. The molecule has 1 aliphatic rings. The van der Waals surface area contributed by atoms with E-state index in [-0.39, 0.29) is 11.6 Å². The maximum atomic E-state index is 12.2. The van der Waals surface area contributed by atoms with Gasteiger partial charge in [0, 0.05) is 42.9 Å². The summed E-state index contributed by atoms with van der Waals surface area (Å²) < 4.78 is 5.60. The van der Waals surface area contributed by atoms with Gasteiger partial charge in [0.2, 0.25) is 0 Å². The van der Waals surface area contributed by atoms with E-state index in [9.17, 15) is 4.79 Å². The fourth-order valence-electron chi connectivity index (χ4n) is 2.21. The van der Waals surface area contributed by atoms with Crippen LogP contribution in [0.25, 0.3) is 0 Å². The Morgan fingerprint density at radius 1 is 1.38 bits per heavy atom. The summed E-state index contributed by atoms with van der Waals surface area (Å²) in [5.41, 5.74) is 0.154. The number of nitrogens with one attached hydrogen (secondary N) is 1. The van der Waals surface area contributed by atoms with Crippen LogP contribution in [0.5, 0.6) is 10.9 Å². The Labute approximate surface area is 144 Å². The first-order valence-electron chi connectivity index (χ1n) is 7.54. The van der Waals surface area contributed by atoms with E-state index >= 15 is 0 Å². The van der Waals surface area contributed by atoms with Crippen LogP contribution in [0, 0.1) is 12.3 Å². The molecule has 24 heavy (non-hydrogen) atoms. The van der Waals surface area contributed by atoms with Gasteiger partial charge in [0.15, 0.2) is 5.66 Å². The second-order valence-corrected chi connectivity index (χ2v) is 6.18. The van der Waals surface area contributed by atoms with Crippen molar-refractivity contribution in [1.29, 1.82) is 0 Å². The molecule has 0 unspecified atom stereocenters. The lowest BCUT2D eigenvalue weighted by Crippen LogP contribution is -2.28. The zero-order chi connectivity index (χ0) is 16.8. The molecular weight excluding hydrogens is 324 g/mol. The first-order valence-corrected chi connectivity index (χ1v) is 8.42. The predicted octanol–water partition coefficient (Wildman–Crippen LogP) is 3.63. The van der Waals surface area contributed by atoms with E-state index in [1.165, 1.54) is 11.3 Å².